The van der Waals surface area contributed by atoms with E-state index in [2.05, 4.69) is 17.2 Å². The Kier molecular flexibility index (Phi) is 5.67. The van der Waals surface area contributed by atoms with Crippen LogP contribution in [0.25, 0.3) is 16.7 Å². The van der Waals surface area contributed by atoms with Crippen LogP contribution < -0.4 is 10.9 Å². The number of hydrogen-bond donors (Lipinski definition) is 1. The molecule has 0 saturated heterocycles. The highest BCUT2D eigenvalue weighted by Crippen LogP contribution is 2.25. The molecule has 0 bridgehead atoms. The molecule has 3 aromatic rings. The van der Waals surface area contributed by atoms with Crippen molar-refractivity contribution in [2.75, 3.05) is 13.7 Å². The van der Waals surface area contributed by atoms with Crippen molar-refractivity contribution in [1.29, 1.82) is 0 Å². The average Bonchev–Trinajstić information content (AvgIpc) is 3.09. The molecule has 0 spiro atoms. The van der Waals surface area contributed by atoms with Crippen LogP contribution in [0.15, 0.2) is 35.3 Å². The molecule has 0 aromatic carbocycles. The number of fused-ring (bicyclic) bond motifs is 2. The standard InChI is InChI=1S/C22H28N4O3/c1-15-8-3-4-9-17(15)23-21(27)18-14-16-20(25(18)12-7-13-29-2)24-19-10-5-6-11-26(19)22(16)28/h5-6,10-11,14-15,17H,3-4,7-9,12-13H2,1-2H3,(H,23,27)/t15-,17+/m0/s1. The number of ether oxygens (including phenoxy) is 1. The number of carbonyl (C=O) groups excluding carboxylic acids is 1. The van der Waals surface area contributed by atoms with Gasteiger partial charge in [-0.3, -0.25) is 14.0 Å². The molecular formula is C22H28N4O3. The summed E-state index contributed by atoms with van der Waals surface area (Å²) in [5.41, 5.74) is 1.47. The van der Waals surface area contributed by atoms with Gasteiger partial charge in [-0.25, -0.2) is 4.98 Å². The Bertz CT molecular complexity index is 1080. The lowest BCUT2D eigenvalue weighted by atomic mass is 9.86. The molecule has 2 atom stereocenters. The van der Waals surface area contributed by atoms with Gasteiger partial charge in [0.2, 0.25) is 0 Å². The minimum atomic E-state index is -0.156. The lowest BCUT2D eigenvalue weighted by molar-refractivity contribution is 0.0900. The number of hydrogen-bond acceptors (Lipinski definition) is 4. The minimum Gasteiger partial charge on any atom is -0.385 e. The van der Waals surface area contributed by atoms with Gasteiger partial charge in [0.15, 0.2) is 0 Å². The molecule has 1 amide bonds. The van der Waals surface area contributed by atoms with E-state index < -0.39 is 0 Å². The first-order valence-corrected chi connectivity index (χ1v) is 10.4. The van der Waals surface area contributed by atoms with Crippen LogP contribution in [0.5, 0.6) is 0 Å². The summed E-state index contributed by atoms with van der Waals surface area (Å²) in [4.78, 5) is 30.9. The topological polar surface area (TPSA) is 77.6 Å². The number of pyridine rings is 1. The number of carbonyl (C=O) groups is 1. The van der Waals surface area contributed by atoms with E-state index in [9.17, 15) is 9.59 Å². The molecule has 7 nitrogen and oxygen atoms in total. The summed E-state index contributed by atoms with van der Waals surface area (Å²) in [6.07, 6.45) is 6.93. The number of rotatable bonds is 6. The molecular weight excluding hydrogens is 368 g/mol. The van der Waals surface area contributed by atoms with Crippen molar-refractivity contribution in [3.63, 3.8) is 0 Å². The highest BCUT2D eigenvalue weighted by molar-refractivity contribution is 5.98. The van der Waals surface area contributed by atoms with Gasteiger partial charge in [-0.05, 0) is 43.4 Å². The van der Waals surface area contributed by atoms with Gasteiger partial charge in [-0.1, -0.05) is 25.8 Å². The zero-order valence-corrected chi connectivity index (χ0v) is 17.1. The van der Waals surface area contributed by atoms with Gasteiger partial charge < -0.3 is 14.6 Å². The maximum atomic E-state index is 13.2. The van der Waals surface area contributed by atoms with Gasteiger partial charge in [-0.2, -0.15) is 0 Å². The van der Waals surface area contributed by atoms with Crippen LogP contribution in [0.1, 0.15) is 49.5 Å². The van der Waals surface area contributed by atoms with Crippen molar-refractivity contribution in [2.45, 2.75) is 51.6 Å². The summed E-state index contributed by atoms with van der Waals surface area (Å²) in [6, 6.07) is 7.32. The van der Waals surface area contributed by atoms with E-state index in [1.807, 2.05) is 10.6 Å². The number of methoxy groups -OCH3 is 1. The number of amides is 1. The van der Waals surface area contributed by atoms with E-state index in [1.54, 1.807) is 31.5 Å². The Morgan fingerprint density at radius 2 is 2.14 bits per heavy atom. The Labute approximate surface area is 169 Å². The van der Waals surface area contributed by atoms with Crippen molar-refractivity contribution in [3.05, 3.63) is 46.5 Å². The third-order valence-corrected chi connectivity index (χ3v) is 5.97. The van der Waals surface area contributed by atoms with Crippen LogP contribution in [0.3, 0.4) is 0 Å². The summed E-state index contributed by atoms with van der Waals surface area (Å²) in [5, 5.41) is 3.68. The molecule has 0 unspecified atom stereocenters. The van der Waals surface area contributed by atoms with Crippen molar-refractivity contribution < 1.29 is 9.53 Å². The van der Waals surface area contributed by atoms with Gasteiger partial charge in [0.05, 0.1) is 5.39 Å². The molecule has 154 valence electrons. The number of nitrogens with one attached hydrogen (secondary N) is 1. The quantitative estimate of drug-likeness (QED) is 0.650. The van der Waals surface area contributed by atoms with Crippen LogP contribution in [0.4, 0.5) is 0 Å². The molecule has 4 rings (SSSR count). The van der Waals surface area contributed by atoms with Crippen LogP contribution in [0.2, 0.25) is 0 Å². The van der Waals surface area contributed by atoms with Gasteiger partial charge in [-0.15, -0.1) is 0 Å². The molecule has 1 fully saturated rings. The van der Waals surface area contributed by atoms with Crippen molar-refractivity contribution in [2.24, 2.45) is 5.92 Å². The third-order valence-electron chi connectivity index (χ3n) is 5.97. The molecule has 29 heavy (non-hydrogen) atoms. The largest absolute Gasteiger partial charge is 0.385 e. The molecule has 0 aliphatic heterocycles. The number of aromatic nitrogens is 3. The highest BCUT2D eigenvalue weighted by atomic mass is 16.5. The second-order valence-electron chi connectivity index (χ2n) is 7.95. The van der Waals surface area contributed by atoms with Gasteiger partial charge in [0.1, 0.15) is 17.0 Å². The van der Waals surface area contributed by atoms with E-state index in [-0.39, 0.29) is 17.5 Å². The molecule has 7 heteroatoms. The number of aryl methyl sites for hydroxylation is 1. The van der Waals surface area contributed by atoms with Gasteiger partial charge in [0.25, 0.3) is 11.5 Å². The molecule has 1 aliphatic rings. The van der Waals surface area contributed by atoms with Gasteiger partial charge >= 0.3 is 0 Å². The SMILES string of the molecule is COCCCn1c(C(=O)N[C@@H]2CCCC[C@@H]2C)cc2c(=O)n3ccccc3nc21. The maximum absolute atomic E-state index is 13.2. The molecule has 1 saturated carbocycles. The van der Waals surface area contributed by atoms with Crippen LogP contribution in [-0.2, 0) is 11.3 Å². The van der Waals surface area contributed by atoms with E-state index >= 15 is 0 Å². The second kappa shape index (κ2) is 8.37. The Hall–Kier alpha value is -2.67. The first kappa shape index (κ1) is 19.6. The Balaban J connectivity index is 1.77. The van der Waals surface area contributed by atoms with E-state index in [4.69, 9.17) is 4.74 Å². The fraction of sp³-hybridized carbons (Fsp3) is 0.500. The zero-order chi connectivity index (χ0) is 20.4. The van der Waals surface area contributed by atoms with Crippen LogP contribution >= 0.6 is 0 Å². The minimum absolute atomic E-state index is 0.132. The van der Waals surface area contributed by atoms with Gasteiger partial charge in [0, 0.05) is 32.5 Å². The average molecular weight is 396 g/mol. The summed E-state index contributed by atoms with van der Waals surface area (Å²) < 4.78 is 8.57. The first-order chi connectivity index (χ1) is 14.1. The van der Waals surface area contributed by atoms with E-state index in [0.717, 1.165) is 25.7 Å². The predicted molar refractivity (Wildman–Crippen MR) is 112 cm³/mol. The van der Waals surface area contributed by atoms with Crippen molar-refractivity contribution >= 4 is 22.6 Å². The lowest BCUT2D eigenvalue weighted by Gasteiger charge is -2.29. The van der Waals surface area contributed by atoms with E-state index in [1.165, 1.54) is 10.8 Å². The van der Waals surface area contributed by atoms with Crippen LogP contribution in [-0.4, -0.2) is 39.6 Å². The van der Waals surface area contributed by atoms with Crippen molar-refractivity contribution in [3.8, 4) is 0 Å². The number of nitrogens with zero attached hydrogens (tertiary/aromatic N) is 3. The monoisotopic (exact) mass is 396 g/mol. The van der Waals surface area contributed by atoms with Crippen molar-refractivity contribution in [1.82, 2.24) is 19.3 Å². The summed E-state index contributed by atoms with van der Waals surface area (Å²) in [5.74, 6) is 0.331. The summed E-state index contributed by atoms with van der Waals surface area (Å²) in [7, 11) is 1.66. The molecule has 3 aromatic heterocycles. The Morgan fingerprint density at radius 1 is 1.31 bits per heavy atom. The fourth-order valence-electron chi connectivity index (χ4n) is 4.31. The normalized spacial score (nSPS) is 19.7. The molecule has 1 aliphatic carbocycles. The smallest absolute Gasteiger partial charge is 0.268 e. The maximum Gasteiger partial charge on any atom is 0.268 e. The fourth-order valence-corrected chi connectivity index (χ4v) is 4.31. The summed E-state index contributed by atoms with van der Waals surface area (Å²) >= 11 is 0. The Morgan fingerprint density at radius 3 is 2.93 bits per heavy atom. The predicted octanol–water partition coefficient (Wildman–Crippen LogP) is 2.99. The third kappa shape index (κ3) is 3.79. The first-order valence-electron chi connectivity index (χ1n) is 10.4. The molecule has 1 N–H and O–H groups in total. The molecule has 3 heterocycles. The highest BCUT2D eigenvalue weighted by Gasteiger charge is 2.26. The molecule has 0 radical (unpaired) electrons. The second-order valence-corrected chi connectivity index (χ2v) is 7.95. The van der Waals surface area contributed by atoms with E-state index in [0.29, 0.717) is 41.4 Å². The van der Waals surface area contributed by atoms with Crippen LogP contribution in [0, 0.1) is 5.92 Å². The zero-order valence-electron chi connectivity index (χ0n) is 17.1. The summed E-state index contributed by atoms with van der Waals surface area (Å²) in [6.45, 7) is 3.33. The lowest BCUT2D eigenvalue weighted by Crippen LogP contribution is -2.41.